The van der Waals surface area contributed by atoms with Crippen LogP contribution in [-0.2, 0) is 19.1 Å². The highest BCUT2D eigenvalue weighted by molar-refractivity contribution is 5.83. The molecule has 1 heterocycles. The van der Waals surface area contributed by atoms with Gasteiger partial charge in [-0.25, -0.2) is 4.79 Å². The van der Waals surface area contributed by atoms with Gasteiger partial charge in [0.05, 0.1) is 18.4 Å². The Labute approximate surface area is 216 Å². The molecule has 3 atom stereocenters. The van der Waals surface area contributed by atoms with Crippen LogP contribution in [-0.4, -0.2) is 48.2 Å². The minimum Gasteiger partial charge on any atom is -0.454 e. The average Bonchev–Trinajstić information content (AvgIpc) is 2.86. The molecule has 3 N–H and O–H groups in total. The molecule has 1 rings (SSSR count). The first-order chi connectivity index (χ1) is 17.3. The maximum Gasteiger partial charge on any atom is 0.331 e. The van der Waals surface area contributed by atoms with Crippen LogP contribution in [0.4, 0.5) is 0 Å². The topological polar surface area (TPSA) is 105 Å². The average molecular weight is 501 g/mol. The van der Waals surface area contributed by atoms with E-state index in [0.29, 0.717) is 13.0 Å². The van der Waals surface area contributed by atoms with Gasteiger partial charge in [0.25, 0.3) is 0 Å². The Morgan fingerprint density at radius 3 is 2.61 bits per heavy atom. The fourth-order valence-electron chi connectivity index (χ4n) is 3.45. The van der Waals surface area contributed by atoms with E-state index in [1.807, 2.05) is 31.2 Å². The molecule has 0 spiro atoms. The van der Waals surface area contributed by atoms with Crippen molar-refractivity contribution >= 4 is 17.8 Å². The normalized spacial score (nSPS) is 26.2. The zero-order valence-electron chi connectivity index (χ0n) is 22.1. The van der Waals surface area contributed by atoms with Gasteiger partial charge < -0.3 is 20.5 Å². The Bertz CT molecular complexity index is 826. The van der Waals surface area contributed by atoms with Gasteiger partial charge in [0.15, 0.2) is 0 Å². The van der Waals surface area contributed by atoms with Gasteiger partial charge in [0, 0.05) is 19.2 Å². The number of carbonyl (C=O) groups excluding carboxylic acids is 3. The quantitative estimate of drug-likeness (QED) is 0.259. The minimum absolute atomic E-state index is 0.0709. The van der Waals surface area contributed by atoms with Crippen molar-refractivity contribution in [3.8, 4) is 0 Å². The molecule has 0 aromatic carbocycles. The molecule has 1 aliphatic rings. The highest BCUT2D eigenvalue weighted by Gasteiger charge is 2.24. The van der Waals surface area contributed by atoms with Crippen LogP contribution in [0.3, 0.4) is 0 Å². The lowest BCUT2D eigenvalue weighted by Crippen LogP contribution is -2.43. The fraction of sp³-hybridized carbons (Fsp3) is 0.552. The molecule has 0 aromatic heterocycles. The molecular weight excluding hydrogens is 456 g/mol. The number of allylic oxidation sites excluding steroid dienone is 7. The van der Waals surface area contributed by atoms with Crippen LogP contribution >= 0.6 is 0 Å². The highest BCUT2D eigenvalue weighted by Crippen LogP contribution is 2.13. The molecule has 0 bridgehead atoms. The lowest BCUT2D eigenvalue weighted by Gasteiger charge is -2.21. The lowest BCUT2D eigenvalue weighted by molar-refractivity contribution is -0.143. The summed E-state index contributed by atoms with van der Waals surface area (Å²) in [4.78, 5) is 37.2. The van der Waals surface area contributed by atoms with Crippen LogP contribution in [0.25, 0.3) is 0 Å². The van der Waals surface area contributed by atoms with E-state index in [0.717, 1.165) is 18.4 Å². The van der Waals surface area contributed by atoms with Crippen LogP contribution < -0.4 is 10.6 Å². The summed E-state index contributed by atoms with van der Waals surface area (Å²) in [5.41, 5.74) is 0.742. The Balaban J connectivity index is 2.87. The van der Waals surface area contributed by atoms with Gasteiger partial charge in [0.1, 0.15) is 6.10 Å². The second-order valence-corrected chi connectivity index (χ2v) is 9.08. The first-order valence-corrected chi connectivity index (χ1v) is 13.1. The number of cyclic esters (lactones) is 1. The zero-order chi connectivity index (χ0) is 26.6. The SMILES string of the molecule is CCCCCCC/C=C/C=C(\C)C1CC(=O)NC[C@@H](O)[C@H](C)C(=O)NCC/C=C/C=C/C=C/C(=O)O1. The Morgan fingerprint density at radius 2 is 1.83 bits per heavy atom. The van der Waals surface area contributed by atoms with Crippen molar-refractivity contribution in [1.82, 2.24) is 10.6 Å². The summed E-state index contributed by atoms with van der Waals surface area (Å²) in [5, 5.41) is 15.8. The summed E-state index contributed by atoms with van der Waals surface area (Å²) in [7, 11) is 0. The second-order valence-electron chi connectivity index (χ2n) is 9.08. The number of hydrogen-bond donors (Lipinski definition) is 3. The largest absolute Gasteiger partial charge is 0.454 e. The van der Waals surface area contributed by atoms with Crippen molar-refractivity contribution in [2.45, 2.75) is 84.3 Å². The number of aliphatic hydroxyl groups excluding tert-OH is 1. The molecule has 2 amide bonds. The van der Waals surface area contributed by atoms with Crippen molar-refractivity contribution in [1.29, 1.82) is 0 Å². The number of unbranched alkanes of at least 4 members (excludes halogenated alkanes) is 5. The molecule has 0 aromatic rings. The van der Waals surface area contributed by atoms with Gasteiger partial charge in [-0.15, -0.1) is 0 Å². The first-order valence-electron chi connectivity index (χ1n) is 13.1. The van der Waals surface area contributed by atoms with Gasteiger partial charge in [-0.3, -0.25) is 9.59 Å². The standard InChI is InChI=1S/C29H44N2O5/c1-4-5-6-7-8-9-12-15-18-23(2)26-21-27(33)31-22-25(32)24(3)29(35)30-20-17-14-11-10-13-16-19-28(34)36-26/h10-16,18-19,24-26,32H,4-9,17,20-22H2,1-3H3,(H,30,35)(H,31,33)/b13-10+,14-11+,15-12+,19-16+,23-18+/t24-,25+,26?/m0/s1. The minimum atomic E-state index is -1.03. The maximum absolute atomic E-state index is 12.6. The van der Waals surface area contributed by atoms with E-state index in [1.54, 1.807) is 25.2 Å². The molecule has 200 valence electrons. The van der Waals surface area contributed by atoms with Gasteiger partial charge in [-0.05, 0) is 31.8 Å². The summed E-state index contributed by atoms with van der Waals surface area (Å²) >= 11 is 0. The Kier molecular flexibility index (Phi) is 16.7. The van der Waals surface area contributed by atoms with Gasteiger partial charge in [-0.2, -0.15) is 0 Å². The van der Waals surface area contributed by atoms with Crippen molar-refractivity contribution in [2.24, 2.45) is 5.92 Å². The van der Waals surface area contributed by atoms with Crippen molar-refractivity contribution in [3.05, 3.63) is 60.3 Å². The van der Waals surface area contributed by atoms with Crippen molar-refractivity contribution in [2.75, 3.05) is 13.1 Å². The smallest absolute Gasteiger partial charge is 0.331 e. The molecule has 7 nitrogen and oxygen atoms in total. The van der Waals surface area contributed by atoms with E-state index in [2.05, 4.69) is 23.6 Å². The number of hydrogen-bond acceptors (Lipinski definition) is 5. The van der Waals surface area contributed by atoms with Gasteiger partial charge in [-0.1, -0.05) is 88.1 Å². The molecule has 0 saturated carbocycles. The number of nitrogens with one attached hydrogen (secondary N) is 2. The van der Waals surface area contributed by atoms with E-state index in [-0.39, 0.29) is 24.8 Å². The number of ether oxygens (including phenoxy) is 1. The number of esters is 1. The van der Waals surface area contributed by atoms with Gasteiger partial charge >= 0.3 is 5.97 Å². The molecule has 0 radical (unpaired) electrons. The third kappa shape index (κ3) is 14.5. The van der Waals surface area contributed by atoms with Crippen LogP contribution in [0.1, 0.15) is 72.1 Å². The number of carbonyl (C=O) groups is 3. The van der Waals surface area contributed by atoms with Crippen molar-refractivity contribution in [3.63, 3.8) is 0 Å². The van der Waals surface area contributed by atoms with Crippen LogP contribution in [0.5, 0.6) is 0 Å². The number of β-amino-alcohol motifs (C(OH)–C–C–N with tert-alkyl or cyclic N) is 1. The summed E-state index contributed by atoms with van der Waals surface area (Å²) in [5.74, 6) is -1.87. The molecule has 7 heteroatoms. The monoisotopic (exact) mass is 500 g/mol. The lowest BCUT2D eigenvalue weighted by atomic mass is 10.0. The molecule has 0 saturated heterocycles. The third-order valence-corrected chi connectivity index (χ3v) is 5.92. The van der Waals surface area contributed by atoms with Gasteiger partial charge in [0.2, 0.25) is 11.8 Å². The molecule has 36 heavy (non-hydrogen) atoms. The first kappa shape index (κ1) is 31.1. The van der Waals surface area contributed by atoms with E-state index in [9.17, 15) is 19.5 Å². The maximum atomic E-state index is 12.6. The van der Waals surface area contributed by atoms with Crippen molar-refractivity contribution < 1.29 is 24.2 Å². The molecule has 1 aliphatic heterocycles. The van der Waals surface area contributed by atoms with E-state index < -0.39 is 24.1 Å². The Hall–Kier alpha value is -2.93. The van der Waals surface area contributed by atoms with E-state index in [4.69, 9.17) is 4.74 Å². The summed E-state index contributed by atoms with van der Waals surface area (Å²) in [6.45, 7) is 6.01. The molecule has 0 aliphatic carbocycles. The Morgan fingerprint density at radius 1 is 1.08 bits per heavy atom. The molecular formula is C29H44N2O5. The summed E-state index contributed by atoms with van der Waals surface area (Å²) in [6.07, 6.45) is 21.8. The summed E-state index contributed by atoms with van der Waals surface area (Å²) in [6, 6.07) is 0. The zero-order valence-corrected chi connectivity index (χ0v) is 22.1. The molecule has 1 unspecified atom stereocenters. The molecule has 0 fully saturated rings. The third-order valence-electron chi connectivity index (χ3n) is 5.92. The van der Waals surface area contributed by atoms with Crippen LogP contribution in [0.15, 0.2) is 60.3 Å². The van der Waals surface area contributed by atoms with E-state index >= 15 is 0 Å². The highest BCUT2D eigenvalue weighted by atomic mass is 16.5. The fourth-order valence-corrected chi connectivity index (χ4v) is 3.45. The van der Waals surface area contributed by atoms with E-state index in [1.165, 1.54) is 31.8 Å². The van der Waals surface area contributed by atoms with Crippen LogP contribution in [0.2, 0.25) is 0 Å². The number of aliphatic hydroxyl groups is 1. The van der Waals surface area contributed by atoms with Crippen LogP contribution in [0, 0.1) is 5.92 Å². The number of rotatable bonds is 8. The predicted octanol–water partition coefficient (Wildman–Crippen LogP) is 4.45. The summed E-state index contributed by atoms with van der Waals surface area (Å²) < 4.78 is 5.57. The number of amides is 2. The predicted molar refractivity (Wildman–Crippen MR) is 144 cm³/mol. The second kappa shape index (κ2) is 19.3.